The smallest absolute Gasteiger partial charge is 0.188 e. The molecule has 0 radical (unpaired) electrons. The zero-order valence-electron chi connectivity index (χ0n) is 12.1. The van der Waals surface area contributed by atoms with Crippen LogP contribution >= 0.6 is 23.6 Å². The third-order valence-corrected chi connectivity index (χ3v) is 4.65. The number of aryl methyl sites for hydroxylation is 2. The number of rotatable bonds is 4. The molecule has 2 heterocycles. The Morgan fingerprint density at radius 1 is 1.38 bits per heavy atom. The van der Waals surface area contributed by atoms with E-state index in [0.29, 0.717) is 10.9 Å². The minimum Gasteiger partial charge on any atom is -0.389 e. The average Bonchev–Trinajstić information content (AvgIpc) is 3.05. The summed E-state index contributed by atoms with van der Waals surface area (Å²) in [6.45, 7) is 4.26. The van der Waals surface area contributed by atoms with Crippen molar-refractivity contribution in [1.82, 2.24) is 9.97 Å². The maximum atomic E-state index is 5.85. The molecular formula is C15H18N4S2. The highest BCUT2D eigenvalue weighted by molar-refractivity contribution is 7.80. The van der Waals surface area contributed by atoms with Crippen molar-refractivity contribution in [2.24, 2.45) is 5.73 Å². The monoisotopic (exact) mass is 318 g/mol. The van der Waals surface area contributed by atoms with E-state index < -0.39 is 0 Å². The van der Waals surface area contributed by atoms with Crippen LogP contribution in [-0.4, -0.2) is 15.0 Å². The molecule has 2 aromatic heterocycles. The third kappa shape index (κ3) is 2.91. The molecule has 0 bridgehead atoms. The van der Waals surface area contributed by atoms with E-state index in [1.165, 1.54) is 5.56 Å². The van der Waals surface area contributed by atoms with Gasteiger partial charge in [-0.25, -0.2) is 9.97 Å². The highest BCUT2D eigenvalue weighted by atomic mass is 32.1. The zero-order valence-corrected chi connectivity index (χ0v) is 13.8. The largest absolute Gasteiger partial charge is 0.389 e. The van der Waals surface area contributed by atoms with Gasteiger partial charge in [0.2, 0.25) is 0 Å². The molecule has 4 nitrogen and oxygen atoms in total. The number of aromatic nitrogens is 2. The van der Waals surface area contributed by atoms with Crippen molar-refractivity contribution in [2.75, 3.05) is 5.32 Å². The number of thiocarbonyl (C=S) groups is 1. The second kappa shape index (κ2) is 5.69. The van der Waals surface area contributed by atoms with Crippen LogP contribution in [0.5, 0.6) is 0 Å². The summed E-state index contributed by atoms with van der Waals surface area (Å²) >= 11 is 6.74. The van der Waals surface area contributed by atoms with E-state index in [9.17, 15) is 0 Å². The van der Waals surface area contributed by atoms with Gasteiger partial charge in [-0.05, 0) is 36.8 Å². The van der Waals surface area contributed by atoms with Crippen molar-refractivity contribution in [1.29, 1.82) is 0 Å². The van der Waals surface area contributed by atoms with Crippen molar-refractivity contribution in [3.8, 4) is 0 Å². The second-order valence-corrected chi connectivity index (χ2v) is 6.86. The first kappa shape index (κ1) is 14.4. The summed E-state index contributed by atoms with van der Waals surface area (Å²) < 4.78 is 0. The first-order valence-electron chi connectivity index (χ1n) is 7.09. The molecule has 1 aliphatic rings. The maximum absolute atomic E-state index is 5.85. The molecular weight excluding hydrogens is 300 g/mol. The van der Waals surface area contributed by atoms with Crippen LogP contribution in [0.4, 0.5) is 10.9 Å². The molecule has 0 saturated carbocycles. The van der Waals surface area contributed by atoms with Crippen LogP contribution in [0.2, 0.25) is 0 Å². The lowest BCUT2D eigenvalue weighted by atomic mass is 10.1. The van der Waals surface area contributed by atoms with E-state index >= 15 is 0 Å². The van der Waals surface area contributed by atoms with Crippen molar-refractivity contribution in [3.05, 3.63) is 34.0 Å². The van der Waals surface area contributed by atoms with Crippen molar-refractivity contribution in [2.45, 2.75) is 39.0 Å². The molecule has 0 aromatic carbocycles. The number of hydrogen-bond acceptors (Lipinski definition) is 5. The molecule has 1 aliphatic carbocycles. The first-order valence-corrected chi connectivity index (χ1v) is 8.38. The molecule has 0 atom stereocenters. The Kier molecular flexibility index (Phi) is 3.91. The van der Waals surface area contributed by atoms with Crippen molar-refractivity contribution in [3.63, 3.8) is 0 Å². The van der Waals surface area contributed by atoms with Crippen LogP contribution in [0.15, 0.2) is 11.4 Å². The third-order valence-electron chi connectivity index (χ3n) is 3.66. The molecule has 2 aromatic rings. The van der Waals surface area contributed by atoms with Gasteiger partial charge >= 0.3 is 0 Å². The van der Waals surface area contributed by atoms with Gasteiger partial charge in [0.15, 0.2) is 5.13 Å². The normalized spacial score (nSPS) is 13.5. The summed E-state index contributed by atoms with van der Waals surface area (Å²) in [5.74, 6) is 1.15. The van der Waals surface area contributed by atoms with Gasteiger partial charge in [-0.3, -0.25) is 0 Å². The summed E-state index contributed by atoms with van der Waals surface area (Å²) in [7, 11) is 0. The van der Waals surface area contributed by atoms with Gasteiger partial charge in [-0.15, -0.1) is 11.3 Å². The Morgan fingerprint density at radius 3 is 2.86 bits per heavy atom. The minimum absolute atomic E-state index is 0.375. The SMILES string of the molecule is CC(C)c1csc(Nc2nc3c(cc2C(N)=S)CCC3)n1. The van der Waals surface area contributed by atoms with E-state index in [0.717, 1.165) is 47.2 Å². The molecule has 6 heteroatoms. The Morgan fingerprint density at radius 2 is 2.19 bits per heavy atom. The number of pyridine rings is 1. The van der Waals surface area contributed by atoms with Crippen LogP contribution < -0.4 is 11.1 Å². The lowest BCUT2D eigenvalue weighted by Crippen LogP contribution is -2.14. The van der Waals surface area contributed by atoms with Gasteiger partial charge in [-0.2, -0.15) is 0 Å². The molecule has 0 saturated heterocycles. The highest BCUT2D eigenvalue weighted by Crippen LogP contribution is 2.29. The standard InChI is InChI=1S/C15H18N4S2/c1-8(2)12-7-21-15(18-12)19-14-10(13(16)20)6-9-4-3-5-11(9)17-14/h6-8H,3-5H2,1-2H3,(H2,16,20)(H,17,18,19). The first-order chi connectivity index (χ1) is 10.0. The van der Waals surface area contributed by atoms with Crippen LogP contribution in [0.25, 0.3) is 0 Å². The number of nitrogens with zero attached hydrogens (tertiary/aromatic N) is 2. The maximum Gasteiger partial charge on any atom is 0.188 e. The van der Waals surface area contributed by atoms with Gasteiger partial charge in [-0.1, -0.05) is 26.1 Å². The van der Waals surface area contributed by atoms with Crippen molar-refractivity contribution < 1.29 is 0 Å². The quantitative estimate of drug-likeness (QED) is 0.844. The average molecular weight is 318 g/mol. The summed E-state index contributed by atoms with van der Waals surface area (Å²) in [5.41, 5.74) is 10.2. The van der Waals surface area contributed by atoms with Crippen molar-refractivity contribution >= 4 is 39.5 Å². The summed E-state index contributed by atoms with van der Waals surface area (Å²) in [4.78, 5) is 9.67. The predicted octanol–water partition coefficient (Wildman–Crippen LogP) is 3.53. The molecule has 0 fully saturated rings. The molecule has 21 heavy (non-hydrogen) atoms. The molecule has 3 rings (SSSR count). The van der Waals surface area contributed by atoms with E-state index in [4.69, 9.17) is 22.9 Å². The van der Waals surface area contributed by atoms with Gasteiger partial charge in [0.1, 0.15) is 10.8 Å². The Bertz CT molecular complexity index is 691. The van der Waals surface area contributed by atoms with Crippen LogP contribution in [0.1, 0.15) is 48.7 Å². The minimum atomic E-state index is 0.375. The fourth-order valence-corrected chi connectivity index (χ4v) is 3.49. The second-order valence-electron chi connectivity index (χ2n) is 5.57. The number of nitrogens with one attached hydrogen (secondary N) is 1. The Balaban J connectivity index is 1.95. The molecule has 0 amide bonds. The van der Waals surface area contributed by atoms with E-state index in [1.54, 1.807) is 11.3 Å². The molecule has 0 spiro atoms. The van der Waals surface area contributed by atoms with E-state index in [1.807, 2.05) is 0 Å². The van der Waals surface area contributed by atoms with Gasteiger partial charge < -0.3 is 11.1 Å². The Hall–Kier alpha value is -1.53. The summed E-state index contributed by atoms with van der Waals surface area (Å²) in [6.07, 6.45) is 3.24. The van der Waals surface area contributed by atoms with Gasteiger partial charge in [0.25, 0.3) is 0 Å². The lowest BCUT2D eigenvalue weighted by Gasteiger charge is -2.11. The number of thiazole rings is 1. The molecule has 0 unspecified atom stereocenters. The highest BCUT2D eigenvalue weighted by Gasteiger charge is 2.18. The fourth-order valence-electron chi connectivity index (χ4n) is 2.47. The van der Waals surface area contributed by atoms with Crippen LogP contribution in [-0.2, 0) is 12.8 Å². The summed E-state index contributed by atoms with van der Waals surface area (Å²) in [6, 6.07) is 2.08. The predicted molar refractivity (Wildman–Crippen MR) is 91.6 cm³/mol. The molecule has 110 valence electrons. The molecule has 0 aliphatic heterocycles. The van der Waals surface area contributed by atoms with E-state index in [2.05, 4.69) is 35.6 Å². The number of fused-ring (bicyclic) bond motifs is 1. The van der Waals surface area contributed by atoms with Crippen LogP contribution in [0.3, 0.4) is 0 Å². The number of anilines is 2. The van der Waals surface area contributed by atoms with Gasteiger partial charge in [0.05, 0.1) is 11.3 Å². The van der Waals surface area contributed by atoms with Gasteiger partial charge in [0, 0.05) is 11.1 Å². The van der Waals surface area contributed by atoms with Crippen LogP contribution in [0, 0.1) is 0 Å². The topological polar surface area (TPSA) is 63.8 Å². The number of hydrogen-bond donors (Lipinski definition) is 2. The summed E-state index contributed by atoms with van der Waals surface area (Å²) in [5, 5.41) is 6.19. The number of nitrogens with two attached hydrogens (primary N) is 1. The Labute approximate surface area is 133 Å². The zero-order chi connectivity index (χ0) is 15.0. The fraction of sp³-hybridized carbons (Fsp3) is 0.400. The van der Waals surface area contributed by atoms with E-state index in [-0.39, 0.29) is 0 Å². The molecule has 3 N–H and O–H groups in total. The lowest BCUT2D eigenvalue weighted by molar-refractivity contribution is 0.834.